The van der Waals surface area contributed by atoms with E-state index in [1.54, 1.807) is 0 Å². The topological polar surface area (TPSA) is 27.0 Å². The highest BCUT2D eigenvalue weighted by molar-refractivity contribution is 4.96. The van der Waals surface area contributed by atoms with Crippen LogP contribution in [-0.2, 0) is 0 Å². The summed E-state index contributed by atoms with van der Waals surface area (Å²) in [7, 11) is 0. The fourth-order valence-electron chi connectivity index (χ4n) is 1.78. The van der Waals surface area contributed by atoms with E-state index in [2.05, 4.69) is 16.9 Å². The predicted octanol–water partition coefficient (Wildman–Crippen LogP) is 1.78. The van der Waals surface area contributed by atoms with Gasteiger partial charge in [-0.25, -0.2) is 0 Å². The quantitative estimate of drug-likeness (QED) is 0.613. The lowest BCUT2D eigenvalue weighted by atomic mass is 10.1. The molecule has 0 bridgehead atoms. The molecule has 0 aromatic rings. The molecule has 1 heterocycles. The standard InChI is InChI=1S/C11H16N2/c1-2-3-7-11(10-12)13-8-5-4-6-9-13/h1,11H,3-9H2. The predicted molar refractivity (Wildman–Crippen MR) is 52.9 cm³/mol. The molecular weight excluding hydrogens is 160 g/mol. The van der Waals surface area contributed by atoms with Crippen LogP contribution >= 0.6 is 0 Å². The summed E-state index contributed by atoms with van der Waals surface area (Å²) in [5, 5.41) is 8.94. The molecule has 1 aliphatic heterocycles. The molecule has 1 unspecified atom stereocenters. The van der Waals surface area contributed by atoms with Gasteiger partial charge in [0.2, 0.25) is 0 Å². The van der Waals surface area contributed by atoms with Crippen LogP contribution in [0.4, 0.5) is 0 Å². The second kappa shape index (κ2) is 5.62. The lowest BCUT2D eigenvalue weighted by Gasteiger charge is -2.30. The second-order valence-electron chi connectivity index (χ2n) is 3.48. The fourth-order valence-corrected chi connectivity index (χ4v) is 1.78. The number of terminal acetylenes is 1. The van der Waals surface area contributed by atoms with Crippen molar-refractivity contribution < 1.29 is 0 Å². The number of likely N-dealkylation sites (tertiary alicyclic amines) is 1. The van der Waals surface area contributed by atoms with Crippen LogP contribution in [0.5, 0.6) is 0 Å². The van der Waals surface area contributed by atoms with Gasteiger partial charge in [0.15, 0.2) is 0 Å². The Kier molecular flexibility index (Phi) is 4.36. The summed E-state index contributed by atoms with van der Waals surface area (Å²) in [6, 6.07) is 2.39. The summed E-state index contributed by atoms with van der Waals surface area (Å²) in [4.78, 5) is 2.26. The third-order valence-electron chi connectivity index (χ3n) is 2.54. The van der Waals surface area contributed by atoms with Crippen LogP contribution < -0.4 is 0 Å². The Bertz CT molecular complexity index is 215. The Labute approximate surface area is 80.5 Å². The van der Waals surface area contributed by atoms with E-state index in [-0.39, 0.29) is 6.04 Å². The van der Waals surface area contributed by atoms with E-state index in [1.807, 2.05) is 0 Å². The number of hydrogen-bond acceptors (Lipinski definition) is 2. The summed E-state index contributed by atoms with van der Waals surface area (Å²) >= 11 is 0. The molecule has 13 heavy (non-hydrogen) atoms. The number of nitriles is 1. The van der Waals surface area contributed by atoms with Crippen LogP contribution in [0.15, 0.2) is 0 Å². The Morgan fingerprint density at radius 2 is 2.00 bits per heavy atom. The maximum absolute atomic E-state index is 8.94. The first-order valence-electron chi connectivity index (χ1n) is 4.95. The molecule has 0 aromatic heterocycles. The number of hydrogen-bond donors (Lipinski definition) is 0. The molecular formula is C11H16N2. The summed E-state index contributed by atoms with van der Waals surface area (Å²) in [6.45, 7) is 2.14. The molecule has 1 atom stereocenters. The molecule has 0 amide bonds. The molecule has 0 spiro atoms. The minimum absolute atomic E-state index is 0.0522. The first-order valence-corrected chi connectivity index (χ1v) is 4.95. The minimum atomic E-state index is 0.0522. The molecule has 0 aliphatic carbocycles. The monoisotopic (exact) mass is 176 g/mol. The van der Waals surface area contributed by atoms with Gasteiger partial charge in [0.05, 0.1) is 12.1 Å². The number of piperidine rings is 1. The second-order valence-corrected chi connectivity index (χ2v) is 3.48. The average Bonchev–Trinajstić information content (AvgIpc) is 2.21. The van der Waals surface area contributed by atoms with Crippen LogP contribution in [0.25, 0.3) is 0 Å². The summed E-state index contributed by atoms with van der Waals surface area (Å²) < 4.78 is 0. The van der Waals surface area contributed by atoms with Crippen molar-refractivity contribution in [3.8, 4) is 18.4 Å². The molecule has 1 saturated heterocycles. The van der Waals surface area contributed by atoms with Gasteiger partial charge >= 0.3 is 0 Å². The van der Waals surface area contributed by atoms with Gasteiger partial charge in [-0.2, -0.15) is 5.26 Å². The van der Waals surface area contributed by atoms with Crippen LogP contribution in [-0.4, -0.2) is 24.0 Å². The zero-order chi connectivity index (χ0) is 9.52. The molecule has 1 rings (SSSR count). The Hall–Kier alpha value is -0.990. The van der Waals surface area contributed by atoms with Gasteiger partial charge in [-0.05, 0) is 32.4 Å². The van der Waals surface area contributed by atoms with E-state index in [9.17, 15) is 0 Å². The van der Waals surface area contributed by atoms with Crippen molar-refractivity contribution in [1.82, 2.24) is 4.90 Å². The Morgan fingerprint density at radius 1 is 1.31 bits per heavy atom. The minimum Gasteiger partial charge on any atom is -0.288 e. The number of nitrogens with zero attached hydrogens (tertiary/aromatic N) is 2. The van der Waals surface area contributed by atoms with E-state index >= 15 is 0 Å². The molecule has 70 valence electrons. The van der Waals surface area contributed by atoms with Crippen molar-refractivity contribution in [3.05, 3.63) is 0 Å². The van der Waals surface area contributed by atoms with Crippen molar-refractivity contribution in [2.75, 3.05) is 13.1 Å². The molecule has 0 N–H and O–H groups in total. The van der Waals surface area contributed by atoms with Crippen molar-refractivity contribution in [2.45, 2.75) is 38.1 Å². The zero-order valence-electron chi connectivity index (χ0n) is 8.00. The number of rotatable bonds is 3. The summed E-state index contributed by atoms with van der Waals surface area (Å²) in [5.74, 6) is 2.59. The van der Waals surface area contributed by atoms with Gasteiger partial charge in [0.25, 0.3) is 0 Å². The van der Waals surface area contributed by atoms with Gasteiger partial charge in [-0.15, -0.1) is 12.3 Å². The van der Waals surface area contributed by atoms with Gasteiger partial charge < -0.3 is 0 Å². The highest BCUT2D eigenvalue weighted by Gasteiger charge is 2.18. The highest BCUT2D eigenvalue weighted by atomic mass is 15.2. The van der Waals surface area contributed by atoms with Gasteiger partial charge in [-0.1, -0.05) is 6.42 Å². The molecule has 0 saturated carbocycles. The molecule has 2 heteroatoms. The lowest BCUT2D eigenvalue weighted by Crippen LogP contribution is -2.38. The SMILES string of the molecule is C#CCCC(C#N)N1CCCCC1. The molecule has 2 nitrogen and oxygen atoms in total. The van der Waals surface area contributed by atoms with E-state index < -0.39 is 0 Å². The van der Waals surface area contributed by atoms with Crippen LogP contribution in [0.3, 0.4) is 0 Å². The first-order chi connectivity index (χ1) is 6.38. The van der Waals surface area contributed by atoms with Crippen molar-refractivity contribution in [3.63, 3.8) is 0 Å². The Morgan fingerprint density at radius 3 is 2.54 bits per heavy atom. The highest BCUT2D eigenvalue weighted by Crippen LogP contribution is 2.14. The normalized spacial score (nSPS) is 20.2. The molecule has 1 aliphatic rings. The smallest absolute Gasteiger partial charge is 0.0987 e. The van der Waals surface area contributed by atoms with Gasteiger partial charge in [0, 0.05) is 6.42 Å². The summed E-state index contributed by atoms with van der Waals surface area (Å²) in [5.41, 5.74) is 0. The van der Waals surface area contributed by atoms with E-state index in [1.165, 1.54) is 19.3 Å². The van der Waals surface area contributed by atoms with Crippen molar-refractivity contribution in [2.24, 2.45) is 0 Å². The van der Waals surface area contributed by atoms with Crippen LogP contribution in [0.1, 0.15) is 32.1 Å². The van der Waals surface area contributed by atoms with Crippen LogP contribution in [0, 0.1) is 23.7 Å². The van der Waals surface area contributed by atoms with E-state index in [0.29, 0.717) is 6.42 Å². The van der Waals surface area contributed by atoms with Crippen LogP contribution in [0.2, 0.25) is 0 Å². The van der Waals surface area contributed by atoms with Gasteiger partial charge in [0.1, 0.15) is 0 Å². The summed E-state index contributed by atoms with van der Waals surface area (Å²) in [6.07, 6.45) is 10.5. The molecule has 1 fully saturated rings. The van der Waals surface area contributed by atoms with Crippen molar-refractivity contribution >= 4 is 0 Å². The zero-order valence-corrected chi connectivity index (χ0v) is 8.00. The fraction of sp³-hybridized carbons (Fsp3) is 0.727. The maximum Gasteiger partial charge on any atom is 0.0987 e. The largest absolute Gasteiger partial charge is 0.288 e. The van der Waals surface area contributed by atoms with E-state index in [4.69, 9.17) is 11.7 Å². The molecule has 0 aromatic carbocycles. The average molecular weight is 176 g/mol. The molecule has 0 radical (unpaired) electrons. The van der Waals surface area contributed by atoms with Crippen molar-refractivity contribution in [1.29, 1.82) is 5.26 Å². The third-order valence-corrected chi connectivity index (χ3v) is 2.54. The lowest BCUT2D eigenvalue weighted by molar-refractivity contribution is 0.189. The Balaban J connectivity index is 2.37. The third kappa shape index (κ3) is 3.09. The maximum atomic E-state index is 8.94. The van der Waals surface area contributed by atoms with Gasteiger partial charge in [-0.3, -0.25) is 4.90 Å². The first kappa shape index (κ1) is 10.1. The van der Waals surface area contributed by atoms with E-state index in [0.717, 1.165) is 19.5 Å².